The number of amides is 2. The van der Waals surface area contributed by atoms with E-state index in [1.54, 1.807) is 11.3 Å². The molecule has 0 aliphatic carbocycles. The zero-order valence-electron chi connectivity index (χ0n) is 14.5. The molecule has 0 radical (unpaired) electrons. The van der Waals surface area contributed by atoms with Gasteiger partial charge in [-0.1, -0.05) is 13.3 Å². The fourth-order valence-corrected chi connectivity index (χ4v) is 4.63. The first-order valence-electron chi connectivity index (χ1n) is 8.79. The number of hydrogen-bond donors (Lipinski definition) is 1. The van der Waals surface area contributed by atoms with E-state index in [2.05, 4.69) is 18.8 Å². The van der Waals surface area contributed by atoms with Gasteiger partial charge in [-0.15, -0.1) is 11.3 Å². The van der Waals surface area contributed by atoms with Crippen molar-refractivity contribution < 1.29 is 9.59 Å². The summed E-state index contributed by atoms with van der Waals surface area (Å²) in [6.45, 7) is 6.48. The minimum atomic E-state index is -0.203. The molecule has 1 aromatic heterocycles. The molecule has 2 aliphatic rings. The zero-order chi connectivity index (χ0) is 17.3. The molecule has 7 heteroatoms. The van der Waals surface area contributed by atoms with Gasteiger partial charge in [-0.05, 0) is 13.3 Å². The van der Waals surface area contributed by atoms with Crippen molar-refractivity contribution in [3.05, 3.63) is 15.6 Å². The fourth-order valence-electron chi connectivity index (χ4n) is 3.68. The summed E-state index contributed by atoms with van der Waals surface area (Å²) in [5.41, 5.74) is 6.65. The number of rotatable bonds is 5. The first-order chi connectivity index (χ1) is 11.5. The van der Waals surface area contributed by atoms with Crippen molar-refractivity contribution in [3.8, 4) is 0 Å². The maximum atomic E-state index is 12.9. The van der Waals surface area contributed by atoms with Gasteiger partial charge in [0.15, 0.2) is 0 Å². The van der Waals surface area contributed by atoms with Gasteiger partial charge in [0.25, 0.3) is 0 Å². The van der Waals surface area contributed by atoms with Gasteiger partial charge in [0.05, 0.1) is 18.2 Å². The summed E-state index contributed by atoms with van der Waals surface area (Å²) in [7, 11) is 0. The van der Waals surface area contributed by atoms with Crippen LogP contribution in [0.2, 0.25) is 0 Å². The topological polar surface area (TPSA) is 79.5 Å². The van der Waals surface area contributed by atoms with E-state index in [0.717, 1.165) is 30.0 Å². The Bertz CT molecular complexity index is 630. The number of nitrogens with two attached hydrogens (primary N) is 1. The van der Waals surface area contributed by atoms with E-state index in [9.17, 15) is 9.59 Å². The van der Waals surface area contributed by atoms with Crippen LogP contribution in [0.1, 0.15) is 48.7 Å². The number of hydrogen-bond acceptors (Lipinski definition) is 5. The second-order valence-electron chi connectivity index (χ2n) is 6.78. The van der Waals surface area contributed by atoms with Crippen molar-refractivity contribution in [1.29, 1.82) is 0 Å². The normalized spacial score (nSPS) is 22.0. The maximum absolute atomic E-state index is 12.9. The molecule has 3 rings (SSSR count). The van der Waals surface area contributed by atoms with Crippen molar-refractivity contribution in [2.75, 3.05) is 13.1 Å². The Labute approximate surface area is 147 Å². The lowest BCUT2D eigenvalue weighted by atomic mass is 10.0. The Hall–Kier alpha value is -1.47. The molecule has 132 valence electrons. The molecule has 2 N–H and O–H groups in total. The minimum absolute atomic E-state index is 0.0995. The Morgan fingerprint density at radius 2 is 2.29 bits per heavy atom. The van der Waals surface area contributed by atoms with Crippen LogP contribution in [-0.4, -0.2) is 45.7 Å². The van der Waals surface area contributed by atoms with E-state index >= 15 is 0 Å². The van der Waals surface area contributed by atoms with Gasteiger partial charge in [0.2, 0.25) is 11.8 Å². The highest BCUT2D eigenvalue weighted by Crippen LogP contribution is 2.28. The third-order valence-corrected chi connectivity index (χ3v) is 6.18. The quantitative estimate of drug-likeness (QED) is 0.873. The highest BCUT2D eigenvalue weighted by Gasteiger charge is 2.39. The Morgan fingerprint density at radius 1 is 1.50 bits per heavy atom. The van der Waals surface area contributed by atoms with Crippen LogP contribution < -0.4 is 5.73 Å². The molecule has 2 atom stereocenters. The van der Waals surface area contributed by atoms with E-state index in [-0.39, 0.29) is 23.8 Å². The van der Waals surface area contributed by atoms with Crippen LogP contribution in [0.3, 0.4) is 0 Å². The summed E-state index contributed by atoms with van der Waals surface area (Å²) in [4.78, 5) is 34.7. The fraction of sp³-hybridized carbons (Fsp3) is 0.706. The summed E-state index contributed by atoms with van der Waals surface area (Å²) in [5, 5.41) is 0.935. The van der Waals surface area contributed by atoms with Crippen molar-refractivity contribution in [1.82, 2.24) is 14.8 Å². The summed E-state index contributed by atoms with van der Waals surface area (Å²) < 4.78 is 0. The summed E-state index contributed by atoms with van der Waals surface area (Å²) in [6, 6.07) is 0.221. The first-order valence-corrected chi connectivity index (χ1v) is 9.60. The third-order valence-electron chi connectivity index (χ3n) is 5.00. The van der Waals surface area contributed by atoms with E-state index in [0.29, 0.717) is 32.6 Å². The van der Waals surface area contributed by atoms with Crippen molar-refractivity contribution >= 4 is 23.2 Å². The second-order valence-corrected chi connectivity index (χ2v) is 7.94. The second kappa shape index (κ2) is 7.19. The van der Waals surface area contributed by atoms with Gasteiger partial charge in [-0.2, -0.15) is 0 Å². The molecule has 2 unspecified atom stereocenters. The van der Waals surface area contributed by atoms with Crippen LogP contribution in [-0.2, 0) is 29.1 Å². The van der Waals surface area contributed by atoms with Crippen molar-refractivity contribution in [2.24, 2.45) is 11.7 Å². The molecule has 0 saturated carbocycles. The molecule has 2 aliphatic heterocycles. The predicted molar refractivity (Wildman–Crippen MR) is 93.3 cm³/mol. The van der Waals surface area contributed by atoms with Gasteiger partial charge in [-0.25, -0.2) is 4.98 Å². The predicted octanol–water partition coefficient (Wildman–Crippen LogP) is 1.52. The molecule has 0 aromatic carbocycles. The molecule has 2 amide bonds. The van der Waals surface area contributed by atoms with Crippen LogP contribution in [0.15, 0.2) is 0 Å². The molecule has 24 heavy (non-hydrogen) atoms. The lowest BCUT2D eigenvalue weighted by Gasteiger charge is -2.29. The van der Waals surface area contributed by atoms with Crippen LogP contribution in [0.5, 0.6) is 0 Å². The van der Waals surface area contributed by atoms with E-state index < -0.39 is 0 Å². The molecular formula is C17H26N4O2S. The highest BCUT2D eigenvalue weighted by molar-refractivity contribution is 7.11. The molecule has 0 bridgehead atoms. The SMILES string of the molecule is CCCC(C)N1CC(C(=O)N2CCc3sc(CN)nc3C2)CC1=O. The summed E-state index contributed by atoms with van der Waals surface area (Å²) >= 11 is 1.66. The monoisotopic (exact) mass is 350 g/mol. The number of nitrogens with zero attached hydrogens (tertiary/aromatic N) is 3. The Morgan fingerprint density at radius 3 is 3.00 bits per heavy atom. The molecule has 6 nitrogen and oxygen atoms in total. The Kier molecular flexibility index (Phi) is 5.20. The van der Waals surface area contributed by atoms with Crippen molar-refractivity contribution in [2.45, 2.75) is 58.7 Å². The van der Waals surface area contributed by atoms with Crippen LogP contribution in [0.25, 0.3) is 0 Å². The molecule has 0 spiro atoms. The molecule has 1 saturated heterocycles. The molecular weight excluding hydrogens is 324 g/mol. The first kappa shape index (κ1) is 17.4. The standard InChI is InChI=1S/C17H26N4O2S/c1-3-4-11(2)21-9-12(7-16(21)22)17(23)20-6-5-14-13(10-20)19-15(8-18)24-14/h11-12H,3-10,18H2,1-2H3. The average molecular weight is 350 g/mol. The molecule has 1 aromatic rings. The molecule has 1 fully saturated rings. The van der Waals surface area contributed by atoms with Gasteiger partial charge in [0, 0.05) is 43.4 Å². The summed E-state index contributed by atoms with van der Waals surface area (Å²) in [5.74, 6) is 0.0135. The van der Waals surface area contributed by atoms with E-state index in [4.69, 9.17) is 5.73 Å². The number of aromatic nitrogens is 1. The van der Waals surface area contributed by atoms with Gasteiger partial charge >= 0.3 is 0 Å². The van der Waals surface area contributed by atoms with E-state index in [1.807, 2.05) is 9.80 Å². The largest absolute Gasteiger partial charge is 0.339 e. The smallest absolute Gasteiger partial charge is 0.228 e. The number of fused-ring (bicyclic) bond motifs is 1. The average Bonchev–Trinajstić information content (AvgIpc) is 3.16. The number of thiazole rings is 1. The van der Waals surface area contributed by atoms with Gasteiger partial charge in [0.1, 0.15) is 5.01 Å². The lowest BCUT2D eigenvalue weighted by Crippen LogP contribution is -2.41. The highest BCUT2D eigenvalue weighted by atomic mass is 32.1. The van der Waals surface area contributed by atoms with Gasteiger partial charge in [-0.3, -0.25) is 9.59 Å². The number of likely N-dealkylation sites (tertiary alicyclic amines) is 1. The zero-order valence-corrected chi connectivity index (χ0v) is 15.3. The lowest BCUT2D eigenvalue weighted by molar-refractivity contribution is -0.136. The Balaban J connectivity index is 1.64. The number of carbonyl (C=O) groups excluding carboxylic acids is 2. The summed E-state index contributed by atoms with van der Waals surface area (Å²) in [6.07, 6.45) is 3.23. The van der Waals surface area contributed by atoms with Crippen LogP contribution in [0.4, 0.5) is 0 Å². The number of carbonyl (C=O) groups is 2. The maximum Gasteiger partial charge on any atom is 0.228 e. The third kappa shape index (κ3) is 3.32. The molecule has 3 heterocycles. The van der Waals surface area contributed by atoms with E-state index in [1.165, 1.54) is 4.88 Å². The van der Waals surface area contributed by atoms with Crippen LogP contribution in [0, 0.1) is 5.92 Å². The van der Waals surface area contributed by atoms with Crippen LogP contribution >= 0.6 is 11.3 Å². The van der Waals surface area contributed by atoms with Gasteiger partial charge < -0.3 is 15.5 Å². The van der Waals surface area contributed by atoms with Crippen molar-refractivity contribution in [3.63, 3.8) is 0 Å². The minimum Gasteiger partial charge on any atom is -0.339 e.